The van der Waals surface area contributed by atoms with Gasteiger partial charge in [0.25, 0.3) is 0 Å². The van der Waals surface area contributed by atoms with Crippen LogP contribution >= 0.6 is 0 Å². The Kier molecular flexibility index (Phi) is 7.43. The number of halogens is 1. The van der Waals surface area contributed by atoms with Crippen LogP contribution in [0.3, 0.4) is 0 Å². The Morgan fingerprint density at radius 1 is 1.19 bits per heavy atom. The molecule has 1 aromatic carbocycles. The molecule has 116 valence electrons. The average molecular weight is 294 g/mol. The van der Waals surface area contributed by atoms with E-state index in [0.29, 0.717) is 32.5 Å². The number of amides is 2. The third-order valence-electron chi connectivity index (χ3n) is 3.20. The van der Waals surface area contributed by atoms with Crippen molar-refractivity contribution in [3.8, 4) is 0 Å². The first kappa shape index (κ1) is 17.1. The molecule has 0 radical (unpaired) electrons. The number of nitrogens with zero attached hydrogens (tertiary/aromatic N) is 1. The fourth-order valence-electron chi connectivity index (χ4n) is 2.02. The van der Waals surface area contributed by atoms with E-state index in [1.54, 1.807) is 17.0 Å². The van der Waals surface area contributed by atoms with Gasteiger partial charge in [-0.25, -0.2) is 4.39 Å². The molecule has 0 saturated heterocycles. The fourth-order valence-corrected chi connectivity index (χ4v) is 2.02. The molecular weight excluding hydrogens is 271 g/mol. The van der Waals surface area contributed by atoms with Crippen LogP contribution < -0.4 is 5.32 Å². The summed E-state index contributed by atoms with van der Waals surface area (Å²) in [6, 6.07) is 6.24. The second-order valence-electron chi connectivity index (χ2n) is 4.98. The third-order valence-corrected chi connectivity index (χ3v) is 3.20. The van der Waals surface area contributed by atoms with Crippen LogP contribution in [-0.4, -0.2) is 36.3 Å². The quantitative estimate of drug-likeness (QED) is 0.798. The molecule has 0 unspecified atom stereocenters. The molecule has 0 heterocycles. The summed E-state index contributed by atoms with van der Waals surface area (Å²) in [6.07, 6.45) is 1.85. The molecule has 1 N–H and O–H groups in total. The number of nitrogens with one attached hydrogen (secondary N) is 1. The van der Waals surface area contributed by atoms with Crippen molar-refractivity contribution in [3.05, 3.63) is 35.6 Å². The zero-order chi connectivity index (χ0) is 15.7. The van der Waals surface area contributed by atoms with Crippen molar-refractivity contribution < 1.29 is 14.0 Å². The van der Waals surface area contributed by atoms with E-state index in [1.807, 2.05) is 6.92 Å². The lowest BCUT2D eigenvalue weighted by Crippen LogP contribution is -2.34. The zero-order valence-corrected chi connectivity index (χ0v) is 12.7. The summed E-state index contributed by atoms with van der Waals surface area (Å²) < 4.78 is 12.7. The van der Waals surface area contributed by atoms with Gasteiger partial charge in [-0.1, -0.05) is 19.1 Å². The van der Waals surface area contributed by atoms with Crippen LogP contribution in [0.5, 0.6) is 0 Å². The van der Waals surface area contributed by atoms with Gasteiger partial charge in [0.1, 0.15) is 5.82 Å². The predicted molar refractivity (Wildman–Crippen MR) is 80.3 cm³/mol. The summed E-state index contributed by atoms with van der Waals surface area (Å²) in [5.74, 6) is -0.335. The second-order valence-corrected chi connectivity index (χ2v) is 4.98. The molecule has 21 heavy (non-hydrogen) atoms. The molecule has 0 saturated carbocycles. The van der Waals surface area contributed by atoms with Crippen LogP contribution in [0.1, 0.15) is 32.3 Å². The summed E-state index contributed by atoms with van der Waals surface area (Å²) in [6.45, 7) is 5.16. The Morgan fingerprint density at radius 3 is 2.43 bits per heavy atom. The maximum Gasteiger partial charge on any atom is 0.221 e. The molecule has 0 spiro atoms. The minimum Gasteiger partial charge on any atom is -0.356 e. The highest BCUT2D eigenvalue weighted by molar-refractivity contribution is 5.78. The second kappa shape index (κ2) is 9.10. The number of rotatable bonds is 8. The van der Waals surface area contributed by atoms with Crippen LogP contribution in [0.25, 0.3) is 0 Å². The van der Waals surface area contributed by atoms with Gasteiger partial charge in [-0.2, -0.15) is 0 Å². The Balaban J connectivity index is 2.24. The van der Waals surface area contributed by atoms with Crippen molar-refractivity contribution in [2.45, 2.75) is 33.1 Å². The monoisotopic (exact) mass is 294 g/mol. The molecule has 0 atom stereocenters. The molecule has 2 amide bonds. The lowest BCUT2D eigenvalue weighted by molar-refractivity contribution is -0.129. The Hall–Kier alpha value is -1.91. The van der Waals surface area contributed by atoms with Crippen LogP contribution in [0.4, 0.5) is 4.39 Å². The molecule has 4 nitrogen and oxygen atoms in total. The molecule has 1 aromatic rings. The van der Waals surface area contributed by atoms with Crippen molar-refractivity contribution in [2.75, 3.05) is 19.6 Å². The molecule has 0 aliphatic carbocycles. The van der Waals surface area contributed by atoms with Gasteiger partial charge < -0.3 is 10.2 Å². The largest absolute Gasteiger partial charge is 0.356 e. The van der Waals surface area contributed by atoms with E-state index >= 15 is 0 Å². The van der Waals surface area contributed by atoms with E-state index < -0.39 is 0 Å². The van der Waals surface area contributed by atoms with E-state index in [-0.39, 0.29) is 17.6 Å². The molecule has 1 rings (SSSR count). The maximum absolute atomic E-state index is 12.7. The fraction of sp³-hybridized carbons (Fsp3) is 0.500. The first-order chi connectivity index (χ1) is 10.0. The number of hydrogen-bond acceptors (Lipinski definition) is 2. The number of benzene rings is 1. The lowest BCUT2D eigenvalue weighted by Gasteiger charge is -2.19. The number of hydrogen-bond donors (Lipinski definition) is 1. The van der Waals surface area contributed by atoms with Gasteiger partial charge in [-0.3, -0.25) is 9.59 Å². The Bertz CT molecular complexity index is 460. The summed E-state index contributed by atoms with van der Waals surface area (Å²) in [5.41, 5.74) is 0.980. The molecule has 5 heteroatoms. The van der Waals surface area contributed by atoms with Gasteiger partial charge in [0, 0.05) is 33.0 Å². The molecule has 0 fully saturated rings. The van der Waals surface area contributed by atoms with E-state index in [9.17, 15) is 14.0 Å². The average Bonchev–Trinajstić information content (AvgIpc) is 2.45. The third kappa shape index (κ3) is 6.88. The van der Waals surface area contributed by atoms with Crippen molar-refractivity contribution in [1.82, 2.24) is 10.2 Å². The van der Waals surface area contributed by atoms with Gasteiger partial charge in [0.2, 0.25) is 11.8 Å². The molecule has 0 bridgehead atoms. The van der Waals surface area contributed by atoms with Crippen LogP contribution in [0, 0.1) is 5.82 Å². The SMILES string of the molecule is CCCN(CCC(=O)NCCc1ccc(F)cc1)C(C)=O. The van der Waals surface area contributed by atoms with Gasteiger partial charge in [0.05, 0.1) is 0 Å². The normalized spacial score (nSPS) is 10.2. The zero-order valence-electron chi connectivity index (χ0n) is 12.7. The van der Waals surface area contributed by atoms with Gasteiger partial charge in [0.15, 0.2) is 0 Å². The van der Waals surface area contributed by atoms with Crippen molar-refractivity contribution in [2.24, 2.45) is 0 Å². The van der Waals surface area contributed by atoms with Gasteiger partial charge in [-0.05, 0) is 30.5 Å². The summed E-state index contributed by atoms with van der Waals surface area (Å²) in [7, 11) is 0. The highest BCUT2D eigenvalue weighted by atomic mass is 19.1. The Morgan fingerprint density at radius 2 is 1.86 bits per heavy atom. The Labute approximate surface area is 125 Å². The predicted octanol–water partition coefficient (Wildman–Crippen LogP) is 2.13. The van der Waals surface area contributed by atoms with Crippen LogP contribution in [0.2, 0.25) is 0 Å². The van der Waals surface area contributed by atoms with Gasteiger partial charge >= 0.3 is 0 Å². The van der Waals surface area contributed by atoms with E-state index in [0.717, 1.165) is 12.0 Å². The van der Waals surface area contributed by atoms with E-state index in [4.69, 9.17) is 0 Å². The smallest absolute Gasteiger partial charge is 0.221 e. The van der Waals surface area contributed by atoms with Gasteiger partial charge in [-0.15, -0.1) is 0 Å². The van der Waals surface area contributed by atoms with E-state index in [1.165, 1.54) is 19.1 Å². The molecule has 0 aromatic heterocycles. The summed E-state index contributed by atoms with van der Waals surface area (Å²) in [4.78, 5) is 24.7. The topological polar surface area (TPSA) is 49.4 Å². The number of carbonyl (C=O) groups is 2. The van der Waals surface area contributed by atoms with Crippen molar-refractivity contribution >= 4 is 11.8 Å². The standard InChI is InChI=1S/C16H23FN2O2/c1-3-11-19(13(2)20)12-9-16(21)18-10-8-14-4-6-15(17)7-5-14/h4-7H,3,8-12H2,1-2H3,(H,18,21). The summed E-state index contributed by atoms with van der Waals surface area (Å²) in [5, 5.41) is 2.81. The van der Waals surface area contributed by atoms with Crippen molar-refractivity contribution in [3.63, 3.8) is 0 Å². The summed E-state index contributed by atoms with van der Waals surface area (Å²) >= 11 is 0. The first-order valence-corrected chi connectivity index (χ1v) is 7.29. The highest BCUT2D eigenvalue weighted by Crippen LogP contribution is 2.03. The molecular formula is C16H23FN2O2. The van der Waals surface area contributed by atoms with Crippen LogP contribution in [-0.2, 0) is 16.0 Å². The highest BCUT2D eigenvalue weighted by Gasteiger charge is 2.09. The minimum absolute atomic E-state index is 0.00374. The number of carbonyl (C=O) groups excluding carboxylic acids is 2. The van der Waals surface area contributed by atoms with E-state index in [2.05, 4.69) is 5.32 Å². The lowest BCUT2D eigenvalue weighted by atomic mass is 10.1. The maximum atomic E-state index is 12.7. The van der Waals surface area contributed by atoms with Crippen molar-refractivity contribution in [1.29, 1.82) is 0 Å². The van der Waals surface area contributed by atoms with Crippen LogP contribution in [0.15, 0.2) is 24.3 Å². The first-order valence-electron chi connectivity index (χ1n) is 7.29. The molecule has 0 aliphatic heterocycles. The molecule has 0 aliphatic rings. The minimum atomic E-state index is -0.261.